The molecule has 2 saturated heterocycles. The Morgan fingerprint density at radius 2 is 2.08 bits per heavy atom. The molecule has 0 aromatic heterocycles. The van der Waals surface area contributed by atoms with Crippen molar-refractivity contribution in [1.29, 1.82) is 0 Å². The molecule has 1 amide bonds. The van der Waals surface area contributed by atoms with E-state index in [4.69, 9.17) is 9.47 Å². The van der Waals surface area contributed by atoms with Gasteiger partial charge >= 0.3 is 0 Å². The minimum atomic E-state index is 0. The van der Waals surface area contributed by atoms with E-state index in [0.29, 0.717) is 18.9 Å². The molecule has 3 rings (SSSR count). The van der Waals surface area contributed by atoms with Gasteiger partial charge in [0, 0.05) is 32.1 Å². The van der Waals surface area contributed by atoms with Gasteiger partial charge in [-0.1, -0.05) is 18.2 Å². The number of nitrogens with one attached hydrogen (secondary N) is 1. The summed E-state index contributed by atoms with van der Waals surface area (Å²) in [5, 5.41) is 3.36. The maximum atomic E-state index is 12.4. The molecule has 1 aromatic rings. The SMILES string of the molecule is COc1ccccc1CC1CCN(C(=O)CC2COCCN2)CC1.Cl. The van der Waals surface area contributed by atoms with E-state index in [1.54, 1.807) is 7.11 Å². The molecule has 0 bridgehead atoms. The van der Waals surface area contributed by atoms with Gasteiger partial charge in [0.05, 0.1) is 20.3 Å². The summed E-state index contributed by atoms with van der Waals surface area (Å²) in [5.74, 6) is 1.86. The molecule has 2 aliphatic rings. The summed E-state index contributed by atoms with van der Waals surface area (Å²) in [4.78, 5) is 14.5. The number of methoxy groups -OCH3 is 1. The molecule has 140 valence electrons. The third-order valence-electron chi connectivity index (χ3n) is 5.09. The van der Waals surface area contributed by atoms with Gasteiger partial charge in [0.2, 0.25) is 5.91 Å². The zero-order valence-corrected chi connectivity index (χ0v) is 15.7. The minimum absolute atomic E-state index is 0. The van der Waals surface area contributed by atoms with Crippen molar-refractivity contribution in [1.82, 2.24) is 10.2 Å². The number of carbonyl (C=O) groups is 1. The normalized spacial score (nSPS) is 21.5. The Labute approximate surface area is 156 Å². The first-order valence-electron chi connectivity index (χ1n) is 8.97. The Kier molecular flexibility index (Phi) is 8.00. The van der Waals surface area contributed by atoms with Crippen LogP contribution < -0.4 is 10.1 Å². The van der Waals surface area contributed by atoms with E-state index in [9.17, 15) is 4.79 Å². The van der Waals surface area contributed by atoms with Crippen LogP contribution in [0.5, 0.6) is 5.75 Å². The summed E-state index contributed by atoms with van der Waals surface area (Å²) in [7, 11) is 1.73. The molecule has 0 aliphatic carbocycles. The lowest BCUT2D eigenvalue weighted by molar-refractivity contribution is -0.133. The van der Waals surface area contributed by atoms with Crippen LogP contribution in [0, 0.1) is 5.92 Å². The third kappa shape index (κ3) is 5.59. The molecule has 0 spiro atoms. The van der Waals surface area contributed by atoms with E-state index in [-0.39, 0.29) is 24.4 Å². The second-order valence-corrected chi connectivity index (χ2v) is 6.77. The van der Waals surface area contributed by atoms with Gasteiger partial charge in [-0.05, 0) is 36.8 Å². The number of likely N-dealkylation sites (tertiary alicyclic amines) is 1. The highest BCUT2D eigenvalue weighted by Crippen LogP contribution is 2.27. The van der Waals surface area contributed by atoms with Crippen molar-refractivity contribution in [2.24, 2.45) is 5.92 Å². The number of nitrogens with zero attached hydrogens (tertiary/aromatic N) is 1. The monoisotopic (exact) mass is 368 g/mol. The molecule has 5 nitrogen and oxygen atoms in total. The molecule has 0 saturated carbocycles. The standard InChI is InChI=1S/C19H28N2O3.ClH/c1-23-18-5-3-2-4-16(18)12-15-6-9-21(10-7-15)19(22)13-17-14-24-11-8-20-17;/h2-5,15,17,20H,6-14H2,1H3;1H. The smallest absolute Gasteiger partial charge is 0.224 e. The number of halogens is 1. The number of benzene rings is 1. The van der Waals surface area contributed by atoms with Gasteiger partial charge in [0.1, 0.15) is 5.75 Å². The van der Waals surface area contributed by atoms with E-state index >= 15 is 0 Å². The Morgan fingerprint density at radius 1 is 1.32 bits per heavy atom. The first-order chi connectivity index (χ1) is 11.8. The quantitative estimate of drug-likeness (QED) is 0.866. The van der Waals surface area contributed by atoms with Crippen molar-refractivity contribution in [2.45, 2.75) is 31.7 Å². The van der Waals surface area contributed by atoms with Crippen LogP contribution in [0.4, 0.5) is 0 Å². The minimum Gasteiger partial charge on any atom is -0.496 e. The number of para-hydroxylation sites is 1. The van der Waals surface area contributed by atoms with Crippen LogP contribution in [0.1, 0.15) is 24.8 Å². The van der Waals surface area contributed by atoms with Crippen molar-refractivity contribution in [3.8, 4) is 5.75 Å². The Hall–Kier alpha value is -1.30. The molecule has 0 radical (unpaired) electrons. The van der Waals surface area contributed by atoms with Gasteiger partial charge < -0.3 is 19.7 Å². The highest BCUT2D eigenvalue weighted by atomic mass is 35.5. The average molecular weight is 369 g/mol. The summed E-state index contributed by atoms with van der Waals surface area (Å²) < 4.78 is 10.9. The van der Waals surface area contributed by atoms with Gasteiger partial charge in [-0.15, -0.1) is 12.4 Å². The zero-order chi connectivity index (χ0) is 16.8. The van der Waals surface area contributed by atoms with Gasteiger partial charge in [-0.25, -0.2) is 0 Å². The summed E-state index contributed by atoms with van der Waals surface area (Å²) in [6.07, 6.45) is 3.72. The number of piperidine rings is 1. The van der Waals surface area contributed by atoms with Crippen LogP contribution in [-0.2, 0) is 16.0 Å². The lowest BCUT2D eigenvalue weighted by atomic mass is 9.89. The maximum absolute atomic E-state index is 12.4. The van der Waals surface area contributed by atoms with Gasteiger partial charge in [-0.3, -0.25) is 4.79 Å². The number of amides is 1. The van der Waals surface area contributed by atoms with Crippen LogP contribution in [-0.4, -0.2) is 56.8 Å². The number of rotatable bonds is 5. The molecule has 1 aromatic carbocycles. The second-order valence-electron chi connectivity index (χ2n) is 6.77. The topological polar surface area (TPSA) is 50.8 Å². The van der Waals surface area contributed by atoms with E-state index in [1.807, 2.05) is 17.0 Å². The van der Waals surface area contributed by atoms with Gasteiger partial charge in [0.15, 0.2) is 0 Å². The second kappa shape index (κ2) is 10.00. The molecule has 1 unspecified atom stereocenters. The average Bonchev–Trinajstić information content (AvgIpc) is 2.63. The zero-order valence-electron chi connectivity index (χ0n) is 14.9. The molecule has 2 fully saturated rings. The Bertz CT molecular complexity index is 541. The van der Waals surface area contributed by atoms with Crippen LogP contribution in [0.3, 0.4) is 0 Å². The van der Waals surface area contributed by atoms with Crippen LogP contribution in [0.25, 0.3) is 0 Å². The molecule has 6 heteroatoms. The van der Waals surface area contributed by atoms with Crippen LogP contribution in [0.15, 0.2) is 24.3 Å². The van der Waals surface area contributed by atoms with Gasteiger partial charge in [0.25, 0.3) is 0 Å². The predicted octanol–water partition coefficient (Wildman–Crippen LogP) is 2.28. The highest BCUT2D eigenvalue weighted by Gasteiger charge is 2.26. The fourth-order valence-electron chi connectivity index (χ4n) is 3.66. The van der Waals surface area contributed by atoms with E-state index in [0.717, 1.165) is 51.3 Å². The molecule has 25 heavy (non-hydrogen) atoms. The van der Waals surface area contributed by atoms with Gasteiger partial charge in [-0.2, -0.15) is 0 Å². The van der Waals surface area contributed by atoms with Crippen LogP contribution in [0.2, 0.25) is 0 Å². The number of ether oxygens (including phenoxy) is 2. The number of hydrogen-bond donors (Lipinski definition) is 1. The van der Waals surface area contributed by atoms with Crippen molar-refractivity contribution in [3.63, 3.8) is 0 Å². The van der Waals surface area contributed by atoms with Crippen molar-refractivity contribution in [3.05, 3.63) is 29.8 Å². The molecule has 2 heterocycles. The van der Waals surface area contributed by atoms with Crippen molar-refractivity contribution >= 4 is 18.3 Å². The van der Waals surface area contributed by atoms with E-state index in [2.05, 4.69) is 17.4 Å². The van der Waals surface area contributed by atoms with E-state index in [1.165, 1.54) is 5.56 Å². The maximum Gasteiger partial charge on any atom is 0.224 e. The first kappa shape index (κ1) is 20.0. The molecule has 1 N–H and O–H groups in total. The summed E-state index contributed by atoms with van der Waals surface area (Å²) >= 11 is 0. The molecular weight excluding hydrogens is 340 g/mol. The predicted molar refractivity (Wildman–Crippen MR) is 100 cm³/mol. The fraction of sp³-hybridized carbons (Fsp3) is 0.632. The first-order valence-corrected chi connectivity index (χ1v) is 8.97. The third-order valence-corrected chi connectivity index (χ3v) is 5.09. The van der Waals surface area contributed by atoms with Crippen molar-refractivity contribution in [2.75, 3.05) is 40.0 Å². The van der Waals surface area contributed by atoms with Crippen LogP contribution >= 0.6 is 12.4 Å². The summed E-state index contributed by atoms with van der Waals surface area (Å²) in [5.41, 5.74) is 1.27. The largest absolute Gasteiger partial charge is 0.496 e. The number of carbonyl (C=O) groups excluding carboxylic acids is 1. The Balaban J connectivity index is 0.00000225. The molecule has 2 aliphatic heterocycles. The molecule has 1 atom stereocenters. The Morgan fingerprint density at radius 3 is 2.76 bits per heavy atom. The summed E-state index contributed by atoms with van der Waals surface area (Å²) in [6, 6.07) is 8.42. The van der Waals surface area contributed by atoms with Crippen molar-refractivity contribution < 1.29 is 14.3 Å². The lowest BCUT2D eigenvalue weighted by Crippen LogP contribution is -2.46. The fourth-order valence-corrected chi connectivity index (χ4v) is 3.66. The van der Waals surface area contributed by atoms with E-state index < -0.39 is 0 Å². The lowest BCUT2D eigenvalue weighted by Gasteiger charge is -2.34. The molecular formula is C19H29ClN2O3. The number of morpholine rings is 1. The summed E-state index contributed by atoms with van der Waals surface area (Å²) in [6.45, 7) is 3.98. The highest BCUT2D eigenvalue weighted by molar-refractivity contribution is 5.85. The number of hydrogen-bond acceptors (Lipinski definition) is 4.